The number of carbonyl (C=O) groups is 2. The number of rotatable bonds is 5. The molecule has 3 rings (SSSR count). The number of amides is 2. The number of likely N-dealkylation sites (N-methyl/N-ethyl adjacent to an activating group) is 1. The summed E-state index contributed by atoms with van der Waals surface area (Å²) in [4.78, 5) is 33.8. The predicted octanol–water partition coefficient (Wildman–Crippen LogP) is 2.48. The highest BCUT2D eigenvalue weighted by atomic mass is 32.2. The van der Waals surface area contributed by atoms with Crippen molar-refractivity contribution in [3.8, 4) is 0 Å². The molecular formula is C17H16N4O2S. The fourth-order valence-corrected chi connectivity index (χ4v) is 2.89. The summed E-state index contributed by atoms with van der Waals surface area (Å²) in [7, 11) is 1.93. The lowest BCUT2D eigenvalue weighted by Crippen LogP contribution is -2.22. The zero-order valence-corrected chi connectivity index (χ0v) is 13.9. The second-order valence-corrected chi connectivity index (χ2v) is 6.31. The predicted molar refractivity (Wildman–Crippen MR) is 94.6 cm³/mol. The van der Waals surface area contributed by atoms with Crippen molar-refractivity contribution >= 4 is 34.9 Å². The molecule has 1 N–H and O–H groups in total. The molecular weight excluding hydrogens is 324 g/mol. The third-order valence-electron chi connectivity index (χ3n) is 3.51. The maximum absolute atomic E-state index is 11.6. The van der Waals surface area contributed by atoms with E-state index >= 15 is 0 Å². The SMILES string of the molecule is CN(CCc1ccccc1)c1nccc(/C=C2/SC(=O)NC2=O)n1. The number of nitrogens with one attached hydrogen (secondary N) is 1. The van der Waals surface area contributed by atoms with Gasteiger partial charge in [0.25, 0.3) is 11.1 Å². The first-order valence-electron chi connectivity index (χ1n) is 7.45. The minimum absolute atomic E-state index is 0.344. The molecule has 2 heterocycles. The van der Waals surface area contributed by atoms with E-state index < -0.39 is 0 Å². The smallest absolute Gasteiger partial charge is 0.290 e. The van der Waals surface area contributed by atoms with Gasteiger partial charge in [0.05, 0.1) is 10.6 Å². The first kappa shape index (κ1) is 16.2. The summed E-state index contributed by atoms with van der Waals surface area (Å²) in [6.07, 6.45) is 4.13. The number of anilines is 1. The first-order chi connectivity index (χ1) is 11.6. The summed E-state index contributed by atoms with van der Waals surface area (Å²) in [6.45, 7) is 0.776. The van der Waals surface area contributed by atoms with E-state index in [-0.39, 0.29) is 11.1 Å². The van der Waals surface area contributed by atoms with E-state index in [4.69, 9.17) is 0 Å². The molecule has 122 valence electrons. The summed E-state index contributed by atoms with van der Waals surface area (Å²) in [5.41, 5.74) is 1.85. The van der Waals surface area contributed by atoms with Crippen LogP contribution >= 0.6 is 11.8 Å². The van der Waals surface area contributed by atoms with E-state index in [1.165, 1.54) is 5.56 Å². The Balaban J connectivity index is 1.69. The van der Waals surface area contributed by atoms with Crippen molar-refractivity contribution < 1.29 is 9.59 Å². The third-order valence-corrected chi connectivity index (χ3v) is 4.32. The van der Waals surface area contributed by atoms with Gasteiger partial charge in [0.15, 0.2) is 0 Å². The Labute approximate surface area is 144 Å². The lowest BCUT2D eigenvalue weighted by atomic mass is 10.1. The van der Waals surface area contributed by atoms with Gasteiger partial charge in [-0.25, -0.2) is 9.97 Å². The van der Waals surface area contributed by atoms with E-state index in [2.05, 4.69) is 27.4 Å². The molecule has 1 saturated heterocycles. The standard InChI is InChI=1S/C17H16N4O2S/c1-21(10-8-12-5-3-2-4-6-12)16-18-9-7-13(19-16)11-14-15(22)20-17(23)24-14/h2-7,9,11H,8,10H2,1H3,(H,20,22,23)/b14-11+. The van der Waals surface area contributed by atoms with Gasteiger partial charge in [-0.1, -0.05) is 30.3 Å². The van der Waals surface area contributed by atoms with Crippen LogP contribution in [0, 0.1) is 0 Å². The second-order valence-electron chi connectivity index (χ2n) is 5.29. The summed E-state index contributed by atoms with van der Waals surface area (Å²) < 4.78 is 0. The van der Waals surface area contributed by atoms with Crippen LogP contribution in [-0.2, 0) is 11.2 Å². The van der Waals surface area contributed by atoms with Crippen molar-refractivity contribution in [1.29, 1.82) is 0 Å². The average molecular weight is 340 g/mol. The van der Waals surface area contributed by atoms with Crippen molar-refractivity contribution in [2.75, 3.05) is 18.5 Å². The number of nitrogens with zero attached hydrogens (tertiary/aromatic N) is 3. The fourth-order valence-electron chi connectivity index (χ4n) is 2.22. The van der Waals surface area contributed by atoms with Crippen LogP contribution in [0.1, 0.15) is 11.3 Å². The van der Waals surface area contributed by atoms with Gasteiger partial charge in [-0.3, -0.25) is 14.9 Å². The fraction of sp³-hybridized carbons (Fsp3) is 0.176. The normalized spacial score (nSPS) is 15.6. The number of thioether (sulfide) groups is 1. The maximum atomic E-state index is 11.6. The highest BCUT2D eigenvalue weighted by Gasteiger charge is 2.25. The zero-order chi connectivity index (χ0) is 16.9. The maximum Gasteiger partial charge on any atom is 0.290 e. The van der Waals surface area contributed by atoms with Crippen molar-refractivity contribution in [1.82, 2.24) is 15.3 Å². The van der Waals surface area contributed by atoms with Crippen LogP contribution < -0.4 is 10.2 Å². The Morgan fingerprint density at radius 3 is 2.71 bits per heavy atom. The Morgan fingerprint density at radius 1 is 1.21 bits per heavy atom. The van der Waals surface area contributed by atoms with Gasteiger partial charge in [0.1, 0.15) is 0 Å². The van der Waals surface area contributed by atoms with Crippen LogP contribution in [0.3, 0.4) is 0 Å². The molecule has 1 aliphatic rings. The highest BCUT2D eigenvalue weighted by molar-refractivity contribution is 8.18. The van der Waals surface area contributed by atoms with E-state index in [9.17, 15) is 9.59 Å². The van der Waals surface area contributed by atoms with Crippen molar-refractivity contribution in [3.63, 3.8) is 0 Å². The number of carbonyl (C=O) groups excluding carboxylic acids is 2. The van der Waals surface area contributed by atoms with Crippen molar-refractivity contribution in [2.24, 2.45) is 0 Å². The van der Waals surface area contributed by atoms with E-state index in [0.29, 0.717) is 16.5 Å². The van der Waals surface area contributed by atoms with E-state index in [1.807, 2.05) is 30.1 Å². The van der Waals surface area contributed by atoms with Gasteiger partial charge in [-0.2, -0.15) is 0 Å². The van der Waals surface area contributed by atoms with Crippen molar-refractivity contribution in [2.45, 2.75) is 6.42 Å². The molecule has 1 aromatic heterocycles. The number of aromatic nitrogens is 2. The van der Waals surface area contributed by atoms with Crippen molar-refractivity contribution in [3.05, 3.63) is 58.8 Å². The second kappa shape index (κ2) is 7.27. The molecule has 1 aromatic carbocycles. The molecule has 2 aromatic rings. The van der Waals surface area contributed by atoms with E-state index in [1.54, 1.807) is 18.3 Å². The molecule has 0 saturated carbocycles. The molecule has 1 aliphatic heterocycles. The van der Waals surface area contributed by atoms with Gasteiger partial charge < -0.3 is 4.90 Å². The van der Waals surface area contributed by atoms with Crippen LogP contribution in [0.2, 0.25) is 0 Å². The summed E-state index contributed by atoms with van der Waals surface area (Å²) >= 11 is 0.878. The molecule has 7 heteroatoms. The van der Waals surface area contributed by atoms with Crippen LogP contribution in [0.5, 0.6) is 0 Å². The van der Waals surface area contributed by atoms with Crippen LogP contribution in [0.25, 0.3) is 6.08 Å². The molecule has 0 bridgehead atoms. The van der Waals surface area contributed by atoms with Gasteiger partial charge in [0, 0.05) is 19.8 Å². The molecule has 0 aliphatic carbocycles. The molecule has 2 amide bonds. The number of imide groups is 1. The lowest BCUT2D eigenvalue weighted by molar-refractivity contribution is -0.115. The Hall–Kier alpha value is -2.67. The molecule has 0 spiro atoms. The topological polar surface area (TPSA) is 75.2 Å². The highest BCUT2D eigenvalue weighted by Crippen LogP contribution is 2.25. The molecule has 1 fully saturated rings. The Kier molecular flexibility index (Phi) is 4.90. The largest absolute Gasteiger partial charge is 0.344 e. The monoisotopic (exact) mass is 340 g/mol. The molecule has 0 unspecified atom stereocenters. The average Bonchev–Trinajstić information content (AvgIpc) is 2.91. The molecule has 24 heavy (non-hydrogen) atoms. The molecule has 0 atom stereocenters. The minimum Gasteiger partial charge on any atom is -0.344 e. The number of benzene rings is 1. The van der Waals surface area contributed by atoms with Crippen LogP contribution in [-0.4, -0.2) is 34.7 Å². The third kappa shape index (κ3) is 3.99. The molecule has 6 nitrogen and oxygen atoms in total. The van der Waals surface area contributed by atoms with Gasteiger partial charge in [-0.15, -0.1) is 0 Å². The van der Waals surface area contributed by atoms with Crippen LogP contribution in [0.4, 0.5) is 10.7 Å². The van der Waals surface area contributed by atoms with Crippen LogP contribution in [0.15, 0.2) is 47.5 Å². The lowest BCUT2D eigenvalue weighted by Gasteiger charge is -2.17. The summed E-state index contributed by atoms with van der Waals surface area (Å²) in [6, 6.07) is 11.9. The Morgan fingerprint density at radius 2 is 2.00 bits per heavy atom. The molecule has 0 radical (unpaired) electrons. The number of hydrogen-bond donors (Lipinski definition) is 1. The number of hydrogen-bond acceptors (Lipinski definition) is 6. The van der Waals surface area contributed by atoms with Gasteiger partial charge >= 0.3 is 0 Å². The Bertz CT molecular complexity index is 792. The summed E-state index contributed by atoms with van der Waals surface area (Å²) in [5.74, 6) is 0.192. The zero-order valence-electron chi connectivity index (χ0n) is 13.1. The quantitative estimate of drug-likeness (QED) is 0.843. The van der Waals surface area contributed by atoms with Gasteiger partial charge in [0.2, 0.25) is 5.95 Å². The van der Waals surface area contributed by atoms with Gasteiger partial charge in [-0.05, 0) is 35.9 Å². The first-order valence-corrected chi connectivity index (χ1v) is 8.26. The minimum atomic E-state index is -0.386. The summed E-state index contributed by atoms with van der Waals surface area (Å²) in [5, 5.41) is 1.87. The van der Waals surface area contributed by atoms with E-state index in [0.717, 1.165) is 24.7 Å².